The van der Waals surface area contributed by atoms with E-state index in [0.717, 1.165) is 11.3 Å². The first kappa shape index (κ1) is 19.6. The van der Waals surface area contributed by atoms with E-state index in [1.54, 1.807) is 25.3 Å². The van der Waals surface area contributed by atoms with Crippen molar-refractivity contribution in [3.05, 3.63) is 53.6 Å². The fraction of sp³-hybridized carbons (Fsp3) is 0.381. The average Bonchev–Trinajstić information content (AvgIpc) is 2.66. The van der Waals surface area contributed by atoms with E-state index in [0.29, 0.717) is 36.8 Å². The zero-order valence-electron chi connectivity index (χ0n) is 16.3. The topological polar surface area (TPSA) is 42.0 Å². The van der Waals surface area contributed by atoms with Gasteiger partial charge in [0.05, 0.1) is 13.7 Å². The minimum Gasteiger partial charge on any atom is -0.493 e. The second-order valence-corrected chi connectivity index (χ2v) is 6.18. The number of rotatable bonds is 8. The van der Waals surface area contributed by atoms with Crippen LogP contribution in [0.1, 0.15) is 29.8 Å². The summed E-state index contributed by atoms with van der Waals surface area (Å²) < 4.78 is 10.9. The van der Waals surface area contributed by atoms with Crippen molar-refractivity contribution in [2.75, 3.05) is 39.3 Å². The van der Waals surface area contributed by atoms with Crippen molar-refractivity contribution in [3.8, 4) is 11.5 Å². The maximum atomic E-state index is 12.9. The van der Waals surface area contributed by atoms with Crippen molar-refractivity contribution in [1.82, 2.24) is 4.90 Å². The largest absolute Gasteiger partial charge is 0.493 e. The van der Waals surface area contributed by atoms with Crippen molar-refractivity contribution in [2.24, 2.45) is 0 Å². The van der Waals surface area contributed by atoms with E-state index in [1.165, 1.54) is 0 Å². The number of anilines is 1. The predicted molar refractivity (Wildman–Crippen MR) is 105 cm³/mol. The lowest BCUT2D eigenvalue weighted by atomic mass is 10.1. The Hall–Kier alpha value is -2.69. The van der Waals surface area contributed by atoms with Crippen LogP contribution < -0.4 is 14.4 Å². The van der Waals surface area contributed by atoms with Crippen molar-refractivity contribution in [1.29, 1.82) is 0 Å². The Morgan fingerprint density at radius 2 is 1.69 bits per heavy atom. The van der Waals surface area contributed by atoms with Gasteiger partial charge in [0, 0.05) is 38.4 Å². The molecule has 2 aromatic rings. The van der Waals surface area contributed by atoms with Gasteiger partial charge >= 0.3 is 0 Å². The second-order valence-electron chi connectivity index (χ2n) is 6.18. The molecule has 0 aliphatic carbocycles. The molecule has 0 N–H and O–H groups in total. The van der Waals surface area contributed by atoms with Crippen molar-refractivity contribution >= 4 is 11.6 Å². The SMILES string of the molecule is CCOc1ccc(C(=O)N(CC)Cc2ccc(N(C)C)cc2)cc1OC. The Morgan fingerprint density at radius 1 is 1.00 bits per heavy atom. The lowest BCUT2D eigenvalue weighted by Gasteiger charge is -2.22. The van der Waals surface area contributed by atoms with Crippen LogP contribution in [0.5, 0.6) is 11.5 Å². The van der Waals surface area contributed by atoms with Gasteiger partial charge in [-0.15, -0.1) is 0 Å². The first-order valence-electron chi connectivity index (χ1n) is 8.86. The minimum atomic E-state index is -0.0227. The molecule has 0 aliphatic heterocycles. The number of hydrogen-bond donors (Lipinski definition) is 0. The zero-order chi connectivity index (χ0) is 19.1. The Kier molecular flexibility index (Phi) is 6.89. The van der Waals surface area contributed by atoms with Crippen LogP contribution in [0, 0.1) is 0 Å². The predicted octanol–water partition coefficient (Wildman–Crippen LogP) is 3.82. The number of ether oxygens (including phenoxy) is 2. The summed E-state index contributed by atoms with van der Waals surface area (Å²) in [4.78, 5) is 16.8. The molecule has 0 unspecified atom stereocenters. The van der Waals surface area contributed by atoms with E-state index >= 15 is 0 Å². The normalized spacial score (nSPS) is 10.3. The van der Waals surface area contributed by atoms with Gasteiger partial charge in [0.2, 0.25) is 0 Å². The Balaban J connectivity index is 2.17. The summed E-state index contributed by atoms with van der Waals surface area (Å²) in [7, 11) is 5.60. The van der Waals surface area contributed by atoms with E-state index in [-0.39, 0.29) is 5.91 Å². The Labute approximate surface area is 156 Å². The van der Waals surface area contributed by atoms with Gasteiger partial charge in [0.1, 0.15) is 0 Å². The Bertz CT molecular complexity index is 727. The van der Waals surface area contributed by atoms with Crippen molar-refractivity contribution in [3.63, 3.8) is 0 Å². The quantitative estimate of drug-likeness (QED) is 0.721. The van der Waals surface area contributed by atoms with E-state index in [2.05, 4.69) is 29.2 Å². The standard InChI is InChI=1S/C21H28N2O3/c1-6-23(15-16-8-11-18(12-9-16)22(3)4)21(24)17-10-13-19(26-7-2)20(14-17)25-5/h8-14H,6-7,15H2,1-5H3. The molecule has 0 radical (unpaired) electrons. The molecule has 1 amide bonds. The highest BCUT2D eigenvalue weighted by Gasteiger charge is 2.17. The summed E-state index contributed by atoms with van der Waals surface area (Å²) in [6, 6.07) is 13.6. The van der Waals surface area contributed by atoms with E-state index in [4.69, 9.17) is 9.47 Å². The van der Waals surface area contributed by atoms with Crippen LogP contribution in [0.4, 0.5) is 5.69 Å². The maximum absolute atomic E-state index is 12.9. The summed E-state index contributed by atoms with van der Waals surface area (Å²) in [6.45, 7) is 5.65. The fourth-order valence-electron chi connectivity index (χ4n) is 2.71. The van der Waals surface area contributed by atoms with E-state index in [1.807, 2.05) is 32.8 Å². The van der Waals surface area contributed by atoms with Crippen LogP contribution in [0.15, 0.2) is 42.5 Å². The molecule has 26 heavy (non-hydrogen) atoms. The third-order valence-electron chi connectivity index (χ3n) is 4.21. The lowest BCUT2D eigenvalue weighted by molar-refractivity contribution is 0.0752. The molecule has 0 saturated heterocycles. The molecule has 0 aliphatic rings. The van der Waals surface area contributed by atoms with Crippen LogP contribution in [0.3, 0.4) is 0 Å². The third kappa shape index (κ3) is 4.69. The molecular formula is C21H28N2O3. The Morgan fingerprint density at radius 3 is 2.23 bits per heavy atom. The van der Waals surface area contributed by atoms with Crippen LogP contribution in [-0.4, -0.2) is 45.2 Å². The number of amides is 1. The minimum absolute atomic E-state index is 0.0227. The lowest BCUT2D eigenvalue weighted by Crippen LogP contribution is -2.30. The van der Waals surface area contributed by atoms with Gasteiger partial charge in [-0.2, -0.15) is 0 Å². The highest BCUT2D eigenvalue weighted by Crippen LogP contribution is 2.28. The first-order valence-corrected chi connectivity index (χ1v) is 8.86. The first-order chi connectivity index (χ1) is 12.5. The highest BCUT2D eigenvalue weighted by atomic mass is 16.5. The van der Waals surface area contributed by atoms with Crippen LogP contribution in [0.2, 0.25) is 0 Å². The molecule has 2 rings (SSSR count). The smallest absolute Gasteiger partial charge is 0.254 e. The molecule has 0 aromatic heterocycles. The van der Waals surface area contributed by atoms with Gasteiger partial charge in [0.25, 0.3) is 5.91 Å². The van der Waals surface area contributed by atoms with Gasteiger partial charge in [-0.1, -0.05) is 12.1 Å². The molecule has 0 spiro atoms. The van der Waals surface area contributed by atoms with Gasteiger partial charge in [0.15, 0.2) is 11.5 Å². The van der Waals surface area contributed by atoms with E-state index < -0.39 is 0 Å². The molecule has 2 aromatic carbocycles. The van der Waals surface area contributed by atoms with Gasteiger partial charge in [-0.25, -0.2) is 0 Å². The summed E-state index contributed by atoms with van der Waals surface area (Å²) in [5, 5.41) is 0. The molecular weight excluding hydrogens is 328 g/mol. The molecule has 0 atom stereocenters. The summed E-state index contributed by atoms with van der Waals surface area (Å²) >= 11 is 0. The number of benzene rings is 2. The molecule has 5 heteroatoms. The molecule has 0 saturated carbocycles. The summed E-state index contributed by atoms with van der Waals surface area (Å²) in [6.07, 6.45) is 0. The molecule has 5 nitrogen and oxygen atoms in total. The zero-order valence-corrected chi connectivity index (χ0v) is 16.3. The second kappa shape index (κ2) is 9.13. The summed E-state index contributed by atoms with van der Waals surface area (Å²) in [5.41, 5.74) is 2.83. The molecule has 0 bridgehead atoms. The van der Waals surface area contributed by atoms with Crippen molar-refractivity contribution in [2.45, 2.75) is 20.4 Å². The van der Waals surface area contributed by atoms with E-state index in [9.17, 15) is 4.79 Å². The van der Waals surface area contributed by atoms with Crippen LogP contribution in [-0.2, 0) is 6.54 Å². The fourth-order valence-corrected chi connectivity index (χ4v) is 2.71. The monoisotopic (exact) mass is 356 g/mol. The number of hydrogen-bond acceptors (Lipinski definition) is 4. The number of carbonyl (C=O) groups is 1. The highest BCUT2D eigenvalue weighted by molar-refractivity contribution is 5.95. The molecule has 0 heterocycles. The van der Waals surface area contributed by atoms with Crippen molar-refractivity contribution < 1.29 is 14.3 Å². The number of methoxy groups -OCH3 is 1. The van der Waals surface area contributed by atoms with Crippen LogP contribution in [0.25, 0.3) is 0 Å². The number of carbonyl (C=O) groups excluding carboxylic acids is 1. The van der Waals surface area contributed by atoms with Crippen LogP contribution >= 0.6 is 0 Å². The summed E-state index contributed by atoms with van der Waals surface area (Å²) in [5.74, 6) is 1.20. The third-order valence-corrected chi connectivity index (χ3v) is 4.21. The van der Waals surface area contributed by atoms with Gasteiger partial charge in [-0.05, 0) is 49.7 Å². The van der Waals surface area contributed by atoms with Gasteiger partial charge in [-0.3, -0.25) is 4.79 Å². The number of nitrogens with zero attached hydrogens (tertiary/aromatic N) is 2. The molecule has 140 valence electrons. The van der Waals surface area contributed by atoms with Gasteiger partial charge < -0.3 is 19.3 Å². The molecule has 0 fully saturated rings. The maximum Gasteiger partial charge on any atom is 0.254 e. The average molecular weight is 356 g/mol.